The van der Waals surface area contributed by atoms with Crippen LogP contribution in [0.3, 0.4) is 0 Å². The van der Waals surface area contributed by atoms with Crippen molar-refractivity contribution >= 4 is 53.5 Å². The first-order valence-electron chi connectivity index (χ1n) is 20.5. The van der Waals surface area contributed by atoms with Gasteiger partial charge < -0.3 is 51.4 Å². The van der Waals surface area contributed by atoms with Crippen LogP contribution in [-0.2, 0) is 65.5 Å². The lowest BCUT2D eigenvalue weighted by Gasteiger charge is -2.28. The lowest BCUT2D eigenvalue weighted by molar-refractivity contribution is -0.192. The summed E-state index contributed by atoms with van der Waals surface area (Å²) in [7, 11) is 0. The second kappa shape index (κ2) is 32.8. The minimum atomic E-state index is -5.08. The Morgan fingerprint density at radius 2 is 1.03 bits per heavy atom. The quantitative estimate of drug-likeness (QED) is 0.0276. The van der Waals surface area contributed by atoms with Gasteiger partial charge in [-0.25, -0.2) is 4.79 Å². The molecule has 24 nitrogen and oxygen atoms in total. The van der Waals surface area contributed by atoms with E-state index in [1.807, 2.05) is 30.3 Å². The zero-order chi connectivity index (χ0) is 51.1. The maximum atomic E-state index is 13.1. The number of hydrazine groups is 1. The number of nitrogens with one attached hydrogen (secondary N) is 4. The van der Waals surface area contributed by atoms with E-state index in [0.29, 0.717) is 12.8 Å². The van der Waals surface area contributed by atoms with Crippen LogP contribution >= 0.6 is 0 Å². The van der Waals surface area contributed by atoms with Gasteiger partial charge in [-0.1, -0.05) is 60.7 Å². The molecule has 1 unspecified atom stereocenters. The largest absolute Gasteiger partial charge is 0.490 e. The summed E-state index contributed by atoms with van der Waals surface area (Å²) >= 11 is 0. The number of amides is 4. The molecule has 2 aromatic rings. The molecule has 0 spiro atoms. The zero-order valence-corrected chi connectivity index (χ0v) is 36.7. The van der Waals surface area contributed by atoms with Gasteiger partial charge in [-0.3, -0.25) is 63.9 Å². The Morgan fingerprint density at radius 3 is 1.50 bits per heavy atom. The van der Waals surface area contributed by atoms with Crippen LogP contribution in [0.5, 0.6) is 0 Å². The smallest absolute Gasteiger partial charge is 0.480 e. The van der Waals surface area contributed by atoms with Crippen molar-refractivity contribution in [2.45, 2.75) is 37.5 Å². The number of halogens is 3. The van der Waals surface area contributed by atoms with Gasteiger partial charge in [0, 0.05) is 39.1 Å². The zero-order valence-electron chi connectivity index (χ0n) is 36.7. The lowest BCUT2D eigenvalue weighted by Crippen LogP contribution is -2.56. The number of carboxylic acid groups (broad SMARTS) is 5. The van der Waals surface area contributed by atoms with Crippen LogP contribution in [0.2, 0.25) is 0 Å². The number of carboxylic acids is 5. The van der Waals surface area contributed by atoms with Crippen LogP contribution in [-0.4, -0.2) is 204 Å². The molecule has 0 aliphatic heterocycles. The van der Waals surface area contributed by atoms with Crippen LogP contribution in [0.4, 0.5) is 13.2 Å². The average Bonchev–Trinajstić information content (AvgIpc) is 3.25. The number of carbonyl (C=O) groups is 9. The van der Waals surface area contributed by atoms with E-state index in [2.05, 4.69) is 21.5 Å². The third-order valence-corrected chi connectivity index (χ3v) is 8.85. The number of aryl methyl sites for hydroxylation is 1. The normalized spacial score (nSPS) is 12.0. The molecule has 378 valence electrons. The number of carbonyl (C=O) groups excluding carboxylic acids is 4. The molecule has 27 heteroatoms. The van der Waals surface area contributed by atoms with Crippen molar-refractivity contribution in [3.63, 3.8) is 0 Å². The molecule has 0 bridgehead atoms. The predicted molar refractivity (Wildman–Crippen MR) is 229 cm³/mol. The van der Waals surface area contributed by atoms with Crippen molar-refractivity contribution in [2.24, 2.45) is 5.73 Å². The summed E-state index contributed by atoms with van der Waals surface area (Å²) in [6, 6.07) is 16.4. The highest BCUT2D eigenvalue weighted by Gasteiger charge is 2.38. The molecule has 0 saturated carbocycles. The molecule has 0 heterocycles. The summed E-state index contributed by atoms with van der Waals surface area (Å²) in [5.74, 6) is -10.2. The van der Waals surface area contributed by atoms with Crippen LogP contribution in [0.25, 0.3) is 0 Å². The summed E-state index contributed by atoms with van der Waals surface area (Å²) in [5, 5.41) is 48.9. The fourth-order valence-corrected chi connectivity index (χ4v) is 5.63. The van der Waals surface area contributed by atoms with Gasteiger partial charge in [-0.2, -0.15) is 13.2 Å². The van der Waals surface area contributed by atoms with E-state index >= 15 is 0 Å². The first kappa shape index (κ1) is 59.2. The van der Waals surface area contributed by atoms with Crippen molar-refractivity contribution in [1.29, 1.82) is 0 Å². The number of aliphatic carboxylic acids is 5. The van der Waals surface area contributed by atoms with Crippen molar-refractivity contribution < 1.29 is 91.3 Å². The molecule has 0 saturated heterocycles. The Bertz CT molecular complexity index is 1850. The number of nitrogens with two attached hydrogens (primary N) is 1. The number of hydrogen-bond acceptors (Lipinski definition) is 15. The van der Waals surface area contributed by atoms with E-state index in [9.17, 15) is 51.5 Å². The summed E-state index contributed by atoms with van der Waals surface area (Å²) < 4.78 is 42.6. The monoisotopic (exact) mass is 974 g/mol. The average molecular weight is 975 g/mol. The Balaban J connectivity index is 0.00000304. The van der Waals surface area contributed by atoms with Gasteiger partial charge in [-0.05, 0) is 24.0 Å². The standard InChI is InChI=1S/C39H56N8O14.C2HF3O2/c40-30(12-11-28-7-3-1-4-8-28)38(58)43-44-39(59)31(21-29-9-5-2-6-10-29)42-33(49)27-61-20-19-60-18-13-41-32(48)22-45(14-16-46(23-34(50)51)24-35(52)53)15-17-47(25-36(54)55)26-37(56)57;3-2(4,5)1(6)7/h1-10,30-31H,11-27,40H2,(H,41,48)(H,42,49)(H,43,58)(H,44,59)(H,50,51)(H,52,53)(H,54,55)(H,56,57);(H,6,7)/t30-,31?;/m1./s1. The van der Waals surface area contributed by atoms with Gasteiger partial charge in [0.25, 0.3) is 11.8 Å². The van der Waals surface area contributed by atoms with Crippen LogP contribution in [0.15, 0.2) is 60.7 Å². The van der Waals surface area contributed by atoms with Crippen molar-refractivity contribution in [3.8, 4) is 0 Å². The van der Waals surface area contributed by atoms with E-state index in [1.165, 1.54) is 4.90 Å². The lowest BCUT2D eigenvalue weighted by atomic mass is 10.1. The maximum absolute atomic E-state index is 13.1. The Labute approximate surface area is 387 Å². The first-order chi connectivity index (χ1) is 32.0. The minimum Gasteiger partial charge on any atom is -0.480 e. The maximum Gasteiger partial charge on any atom is 0.490 e. The van der Waals surface area contributed by atoms with Crippen LogP contribution in [0.1, 0.15) is 17.5 Å². The SMILES string of the molecule is N[C@H](CCc1ccccc1)C(=O)NNC(=O)C(Cc1ccccc1)NC(=O)COCCOCCNC(=O)CN(CCN(CC(=O)O)CC(=O)O)CCN(CC(=O)O)CC(=O)O.O=C(O)C(F)(F)F. The van der Waals surface area contributed by atoms with Gasteiger partial charge >= 0.3 is 36.0 Å². The van der Waals surface area contributed by atoms with Crippen molar-refractivity contribution in [3.05, 3.63) is 71.8 Å². The Kier molecular flexibility index (Phi) is 28.6. The second-order valence-electron chi connectivity index (χ2n) is 14.5. The Hall–Kier alpha value is -6.78. The van der Waals surface area contributed by atoms with Gasteiger partial charge in [0.2, 0.25) is 11.8 Å². The summed E-state index contributed by atoms with van der Waals surface area (Å²) in [6.07, 6.45) is -4.06. The van der Waals surface area contributed by atoms with Crippen LogP contribution < -0.4 is 27.2 Å². The molecule has 2 aromatic carbocycles. The molecule has 0 aromatic heterocycles. The second-order valence-corrected chi connectivity index (χ2v) is 14.5. The van der Waals surface area contributed by atoms with E-state index in [1.54, 1.807) is 30.3 Å². The molecule has 2 atom stereocenters. The molecule has 0 fully saturated rings. The third kappa shape index (κ3) is 29.7. The summed E-state index contributed by atoms with van der Waals surface area (Å²) in [5.41, 5.74) is 12.4. The number of hydrogen-bond donors (Lipinski definition) is 10. The highest BCUT2D eigenvalue weighted by Crippen LogP contribution is 2.13. The number of rotatable bonds is 32. The van der Waals surface area contributed by atoms with E-state index < -0.39 is 105 Å². The number of benzene rings is 2. The molecule has 0 radical (unpaired) electrons. The molecule has 68 heavy (non-hydrogen) atoms. The molecule has 0 aliphatic carbocycles. The number of alkyl halides is 3. The number of nitrogens with zero attached hydrogens (tertiary/aromatic N) is 3. The van der Waals surface area contributed by atoms with E-state index in [-0.39, 0.29) is 65.5 Å². The van der Waals surface area contributed by atoms with Gasteiger partial charge in [0.05, 0.1) is 58.6 Å². The van der Waals surface area contributed by atoms with Gasteiger partial charge in [0.1, 0.15) is 12.6 Å². The van der Waals surface area contributed by atoms with E-state index in [0.717, 1.165) is 20.9 Å². The van der Waals surface area contributed by atoms with Crippen molar-refractivity contribution in [2.75, 3.05) is 91.9 Å². The molecule has 4 amide bonds. The highest BCUT2D eigenvalue weighted by molar-refractivity contribution is 5.90. The molecule has 2 rings (SSSR count). The van der Waals surface area contributed by atoms with Crippen molar-refractivity contribution in [1.82, 2.24) is 36.2 Å². The van der Waals surface area contributed by atoms with Gasteiger partial charge in [-0.15, -0.1) is 0 Å². The van der Waals surface area contributed by atoms with Crippen LogP contribution in [0, 0.1) is 0 Å². The molecule has 0 aliphatic rings. The molecular weight excluding hydrogens is 917 g/mol. The fourth-order valence-electron chi connectivity index (χ4n) is 5.63. The Morgan fingerprint density at radius 1 is 0.588 bits per heavy atom. The van der Waals surface area contributed by atoms with E-state index in [4.69, 9.17) is 45.5 Å². The summed E-state index contributed by atoms with van der Waals surface area (Å²) in [4.78, 5) is 109. The predicted octanol–water partition coefficient (Wildman–Crippen LogP) is -2.15. The topological polar surface area (TPSA) is 357 Å². The summed E-state index contributed by atoms with van der Waals surface area (Å²) in [6.45, 7) is -3.06. The first-order valence-corrected chi connectivity index (χ1v) is 20.5. The molecule has 11 N–H and O–H groups in total. The highest BCUT2D eigenvalue weighted by atomic mass is 19.4. The fraction of sp³-hybridized carbons (Fsp3) is 0.488. The molecular formula is C41H57F3N8O16. The minimum absolute atomic E-state index is 0.00188. The third-order valence-electron chi connectivity index (χ3n) is 8.85. The number of ether oxygens (including phenoxy) is 2. The van der Waals surface area contributed by atoms with Gasteiger partial charge in [0.15, 0.2) is 0 Å².